The lowest BCUT2D eigenvalue weighted by Gasteiger charge is -2.24. The third kappa shape index (κ3) is 4.78. The van der Waals surface area contributed by atoms with Crippen LogP contribution in [0.2, 0.25) is 0 Å². The molecule has 0 aliphatic rings. The van der Waals surface area contributed by atoms with Crippen LogP contribution in [0.5, 0.6) is 0 Å². The molecule has 11 heteroatoms. The number of rotatable bonds is 8. The molecule has 0 unspecified atom stereocenters. The molecule has 0 bridgehead atoms. The third-order valence-corrected chi connectivity index (χ3v) is 4.70. The number of carbonyl (C=O) groups excluding carboxylic acids is 1. The first-order valence-corrected chi connectivity index (χ1v) is 10.1. The van der Waals surface area contributed by atoms with Crippen LogP contribution in [-0.2, 0) is 11.3 Å². The van der Waals surface area contributed by atoms with E-state index >= 15 is 0 Å². The largest absolute Gasteiger partial charge is 0.383 e. The lowest BCUT2D eigenvalue weighted by Crippen LogP contribution is -2.42. The van der Waals surface area contributed by atoms with Gasteiger partial charge in [0.2, 0.25) is 0 Å². The Morgan fingerprint density at radius 1 is 1.28 bits per heavy atom. The number of H-pyrrole nitrogens is 1. The summed E-state index contributed by atoms with van der Waals surface area (Å²) in [6.07, 6.45) is 0. The van der Waals surface area contributed by atoms with Gasteiger partial charge in [0.25, 0.3) is 17.4 Å². The van der Waals surface area contributed by atoms with Crippen molar-refractivity contribution in [3.63, 3.8) is 0 Å². The highest BCUT2D eigenvalue weighted by Gasteiger charge is 2.25. The number of aromatic amines is 1. The van der Waals surface area contributed by atoms with Gasteiger partial charge in [0.1, 0.15) is 5.82 Å². The molecule has 0 fully saturated rings. The molecule has 3 aromatic rings. The van der Waals surface area contributed by atoms with Gasteiger partial charge in [-0.3, -0.25) is 24.0 Å². The molecule has 0 aliphatic heterocycles. The van der Waals surface area contributed by atoms with Crippen LogP contribution >= 0.6 is 0 Å². The zero-order valence-corrected chi connectivity index (χ0v) is 18.4. The van der Waals surface area contributed by atoms with Gasteiger partial charge in [-0.25, -0.2) is 4.79 Å². The number of anilines is 2. The molecular formula is C21H26N6O5. The smallest absolute Gasteiger partial charge is 0.330 e. The van der Waals surface area contributed by atoms with Crippen LogP contribution in [0, 0.1) is 12.8 Å². The number of aryl methyl sites for hydroxylation is 1. The Labute approximate surface area is 183 Å². The number of carbonyl (C=O) groups is 1. The Morgan fingerprint density at radius 3 is 2.53 bits per heavy atom. The first-order valence-electron chi connectivity index (χ1n) is 10.1. The van der Waals surface area contributed by atoms with E-state index in [1.54, 1.807) is 31.2 Å². The second-order valence-electron chi connectivity index (χ2n) is 7.67. The molecule has 0 aliphatic carbocycles. The maximum atomic E-state index is 13.3. The van der Waals surface area contributed by atoms with Crippen molar-refractivity contribution < 1.29 is 14.1 Å². The van der Waals surface area contributed by atoms with E-state index in [-0.39, 0.29) is 30.6 Å². The van der Waals surface area contributed by atoms with Gasteiger partial charge in [0, 0.05) is 31.3 Å². The zero-order chi connectivity index (χ0) is 23.4. The highest BCUT2D eigenvalue weighted by molar-refractivity contribution is 6.07. The van der Waals surface area contributed by atoms with E-state index < -0.39 is 17.2 Å². The minimum atomic E-state index is -0.741. The molecule has 1 amide bonds. The number of nitrogens with zero attached hydrogens (tertiary/aromatic N) is 4. The molecule has 3 N–H and O–H groups in total. The molecule has 0 atom stereocenters. The van der Waals surface area contributed by atoms with Crippen molar-refractivity contribution in [1.29, 1.82) is 0 Å². The quantitative estimate of drug-likeness (QED) is 0.532. The second-order valence-corrected chi connectivity index (χ2v) is 7.67. The fraction of sp³-hybridized carbons (Fsp3) is 0.381. The molecule has 170 valence electrons. The van der Waals surface area contributed by atoms with Crippen molar-refractivity contribution in [3.05, 3.63) is 56.5 Å². The van der Waals surface area contributed by atoms with Crippen molar-refractivity contribution >= 4 is 17.4 Å². The summed E-state index contributed by atoms with van der Waals surface area (Å²) in [6, 6.07) is 6.51. The predicted molar refractivity (Wildman–Crippen MR) is 119 cm³/mol. The van der Waals surface area contributed by atoms with Gasteiger partial charge in [-0.15, -0.1) is 0 Å². The maximum absolute atomic E-state index is 13.3. The van der Waals surface area contributed by atoms with Crippen molar-refractivity contribution in [2.75, 3.05) is 30.9 Å². The minimum absolute atomic E-state index is 0.0626. The summed E-state index contributed by atoms with van der Waals surface area (Å²) >= 11 is 0. The third-order valence-electron chi connectivity index (χ3n) is 4.70. The van der Waals surface area contributed by atoms with Gasteiger partial charge < -0.3 is 15.0 Å². The summed E-state index contributed by atoms with van der Waals surface area (Å²) in [5.41, 5.74) is 5.70. The molecular weight excluding hydrogens is 416 g/mol. The fourth-order valence-electron chi connectivity index (χ4n) is 3.21. The van der Waals surface area contributed by atoms with E-state index in [4.69, 9.17) is 15.0 Å². The number of methoxy groups -OCH3 is 1. The number of amides is 1. The minimum Gasteiger partial charge on any atom is -0.383 e. The van der Waals surface area contributed by atoms with E-state index in [9.17, 15) is 14.4 Å². The van der Waals surface area contributed by atoms with Crippen LogP contribution in [0.25, 0.3) is 11.5 Å². The summed E-state index contributed by atoms with van der Waals surface area (Å²) in [4.78, 5) is 45.9. The number of hydrogen-bond donors (Lipinski definition) is 2. The summed E-state index contributed by atoms with van der Waals surface area (Å²) in [5, 5.41) is 3.75. The maximum Gasteiger partial charge on any atom is 0.330 e. The first kappa shape index (κ1) is 22.9. The Hall–Kier alpha value is -3.73. The fourth-order valence-corrected chi connectivity index (χ4v) is 3.21. The molecule has 2 heterocycles. The first-order chi connectivity index (χ1) is 15.2. The van der Waals surface area contributed by atoms with E-state index in [2.05, 4.69) is 15.1 Å². The zero-order valence-electron chi connectivity index (χ0n) is 18.4. The van der Waals surface area contributed by atoms with Crippen LogP contribution in [0.15, 0.2) is 38.4 Å². The van der Waals surface area contributed by atoms with Crippen molar-refractivity contribution in [2.45, 2.75) is 27.3 Å². The van der Waals surface area contributed by atoms with Crippen LogP contribution < -0.4 is 21.9 Å². The Balaban J connectivity index is 2.02. The number of nitrogens with one attached hydrogen (secondary N) is 1. The molecule has 1 aromatic carbocycles. The lowest BCUT2D eigenvalue weighted by molar-refractivity contribution is 0.0975. The van der Waals surface area contributed by atoms with E-state index in [1.807, 2.05) is 13.8 Å². The van der Waals surface area contributed by atoms with E-state index in [1.165, 1.54) is 16.6 Å². The number of nitrogen functional groups attached to an aromatic ring is 1. The van der Waals surface area contributed by atoms with Crippen molar-refractivity contribution in [2.24, 2.45) is 5.92 Å². The summed E-state index contributed by atoms with van der Waals surface area (Å²) in [6.45, 7) is 6.05. The molecule has 0 spiro atoms. The molecule has 32 heavy (non-hydrogen) atoms. The number of aromatic nitrogens is 4. The van der Waals surface area contributed by atoms with Gasteiger partial charge in [0.05, 0.1) is 6.61 Å². The molecule has 11 nitrogen and oxygen atoms in total. The van der Waals surface area contributed by atoms with Crippen LogP contribution in [0.1, 0.15) is 30.0 Å². The summed E-state index contributed by atoms with van der Waals surface area (Å²) in [7, 11) is 1.48. The topological polar surface area (TPSA) is 149 Å². The Bertz CT molecular complexity index is 1210. The van der Waals surface area contributed by atoms with Crippen molar-refractivity contribution in [3.8, 4) is 11.5 Å². The van der Waals surface area contributed by atoms with Gasteiger partial charge in [-0.2, -0.15) is 4.98 Å². The average Bonchev–Trinajstić information content (AvgIpc) is 3.19. The van der Waals surface area contributed by atoms with Gasteiger partial charge in [-0.1, -0.05) is 19.0 Å². The molecule has 0 radical (unpaired) electrons. The molecule has 2 aromatic heterocycles. The van der Waals surface area contributed by atoms with Gasteiger partial charge >= 0.3 is 5.69 Å². The average molecular weight is 442 g/mol. The Morgan fingerprint density at radius 2 is 1.97 bits per heavy atom. The van der Waals surface area contributed by atoms with Gasteiger partial charge in [-0.05, 0) is 37.1 Å². The number of hydrogen-bond acceptors (Lipinski definition) is 8. The normalized spacial score (nSPS) is 11.2. The predicted octanol–water partition coefficient (Wildman–Crippen LogP) is 1.43. The summed E-state index contributed by atoms with van der Waals surface area (Å²) < 4.78 is 11.5. The number of ether oxygens (including phenoxy) is 1. The molecule has 3 rings (SSSR count). The van der Waals surface area contributed by atoms with Crippen molar-refractivity contribution in [1.82, 2.24) is 19.7 Å². The highest BCUT2D eigenvalue weighted by atomic mass is 16.5. The van der Waals surface area contributed by atoms with Crippen LogP contribution in [0.4, 0.5) is 11.5 Å². The highest BCUT2D eigenvalue weighted by Crippen LogP contribution is 2.22. The van der Waals surface area contributed by atoms with Crippen LogP contribution in [-0.4, -0.2) is 45.9 Å². The monoisotopic (exact) mass is 442 g/mol. The van der Waals surface area contributed by atoms with Gasteiger partial charge in [0.15, 0.2) is 11.5 Å². The van der Waals surface area contributed by atoms with Crippen LogP contribution in [0.3, 0.4) is 0 Å². The second kappa shape index (κ2) is 9.60. The SMILES string of the molecule is COCCN(C(=O)c1ccc(-c2nc(C)no2)cc1)c1c(N)n(CC(C)C)c(=O)[nH]c1=O. The summed E-state index contributed by atoms with van der Waals surface area (Å²) in [5.74, 6) is 0.381. The molecule has 0 saturated carbocycles. The molecule has 0 saturated heterocycles. The standard InChI is InChI=1S/C21H26N6O5/c1-12(2)11-27-17(22)16(18(28)24-21(27)30)26(9-10-31-4)20(29)15-7-5-14(6-8-15)19-23-13(3)25-32-19/h5-8,12H,9-11,22H2,1-4H3,(H,24,28,30). The number of benzene rings is 1. The number of nitrogens with two attached hydrogens (primary N) is 1. The lowest BCUT2D eigenvalue weighted by atomic mass is 10.1. The van der Waals surface area contributed by atoms with E-state index in [0.717, 1.165) is 0 Å². The Kier molecular flexibility index (Phi) is 6.89. The van der Waals surface area contributed by atoms with E-state index in [0.29, 0.717) is 29.4 Å².